The summed E-state index contributed by atoms with van der Waals surface area (Å²) in [4.78, 5) is 25.7. The standard InChI is InChI=1S/C18H26N2O3/c1-23-16-9-7-15(8-10-16)14-17(21)19-11-5-13-20-12-4-2-3-6-18(20)22/h7-10H,2-6,11-14H2,1H3,(H,19,21). The molecule has 0 bridgehead atoms. The lowest BCUT2D eigenvalue weighted by Crippen LogP contribution is -2.34. The first-order valence-corrected chi connectivity index (χ1v) is 8.36. The molecule has 0 atom stereocenters. The van der Waals surface area contributed by atoms with Crippen molar-refractivity contribution in [2.45, 2.75) is 38.5 Å². The molecule has 0 saturated carbocycles. The van der Waals surface area contributed by atoms with Crippen molar-refractivity contribution in [2.75, 3.05) is 26.7 Å². The van der Waals surface area contributed by atoms with Crippen LogP contribution in [0.15, 0.2) is 24.3 Å². The maximum atomic E-state index is 11.9. The van der Waals surface area contributed by atoms with Gasteiger partial charge in [-0.1, -0.05) is 18.6 Å². The fourth-order valence-corrected chi connectivity index (χ4v) is 2.76. The van der Waals surface area contributed by atoms with Crippen molar-refractivity contribution in [3.05, 3.63) is 29.8 Å². The fraction of sp³-hybridized carbons (Fsp3) is 0.556. The lowest BCUT2D eigenvalue weighted by Gasteiger charge is -2.20. The third kappa shape index (κ3) is 5.93. The van der Waals surface area contributed by atoms with E-state index in [1.165, 1.54) is 0 Å². The second-order valence-corrected chi connectivity index (χ2v) is 5.92. The molecule has 5 heteroatoms. The molecule has 0 aliphatic carbocycles. The van der Waals surface area contributed by atoms with Crippen LogP contribution in [0.2, 0.25) is 0 Å². The summed E-state index contributed by atoms with van der Waals surface area (Å²) in [7, 11) is 1.62. The summed E-state index contributed by atoms with van der Waals surface area (Å²) in [5.74, 6) is 1.06. The molecule has 1 aliphatic rings. The summed E-state index contributed by atoms with van der Waals surface area (Å²) < 4.78 is 5.10. The average Bonchev–Trinajstić information content (AvgIpc) is 2.77. The highest BCUT2D eigenvalue weighted by atomic mass is 16.5. The molecule has 1 saturated heterocycles. The van der Waals surface area contributed by atoms with Crippen molar-refractivity contribution in [1.29, 1.82) is 0 Å². The van der Waals surface area contributed by atoms with Crippen molar-refractivity contribution in [2.24, 2.45) is 0 Å². The molecule has 1 N–H and O–H groups in total. The molecular weight excluding hydrogens is 292 g/mol. The van der Waals surface area contributed by atoms with Crippen LogP contribution in [0.4, 0.5) is 0 Å². The van der Waals surface area contributed by atoms with E-state index >= 15 is 0 Å². The Kier molecular flexibility index (Phi) is 6.91. The van der Waals surface area contributed by atoms with E-state index in [0.717, 1.165) is 50.1 Å². The molecule has 23 heavy (non-hydrogen) atoms. The van der Waals surface area contributed by atoms with Gasteiger partial charge in [-0.05, 0) is 37.0 Å². The third-order valence-corrected chi connectivity index (χ3v) is 4.12. The van der Waals surface area contributed by atoms with Gasteiger partial charge in [0.05, 0.1) is 13.5 Å². The summed E-state index contributed by atoms with van der Waals surface area (Å²) >= 11 is 0. The van der Waals surface area contributed by atoms with Gasteiger partial charge in [0.1, 0.15) is 5.75 Å². The topological polar surface area (TPSA) is 58.6 Å². The number of likely N-dealkylation sites (tertiary alicyclic amines) is 1. The monoisotopic (exact) mass is 318 g/mol. The highest BCUT2D eigenvalue weighted by Crippen LogP contribution is 2.12. The van der Waals surface area contributed by atoms with E-state index in [1.807, 2.05) is 29.2 Å². The first-order chi connectivity index (χ1) is 11.2. The van der Waals surface area contributed by atoms with Gasteiger partial charge >= 0.3 is 0 Å². The summed E-state index contributed by atoms with van der Waals surface area (Å²) in [6.45, 7) is 2.21. The maximum absolute atomic E-state index is 11.9. The van der Waals surface area contributed by atoms with Crippen LogP contribution in [0.5, 0.6) is 5.75 Å². The molecule has 2 amide bonds. The van der Waals surface area contributed by atoms with Crippen LogP contribution in [0.1, 0.15) is 37.7 Å². The molecule has 0 unspecified atom stereocenters. The van der Waals surface area contributed by atoms with Gasteiger partial charge in [0.15, 0.2) is 0 Å². The van der Waals surface area contributed by atoms with Crippen LogP contribution in [-0.4, -0.2) is 43.5 Å². The highest BCUT2D eigenvalue weighted by Gasteiger charge is 2.15. The van der Waals surface area contributed by atoms with Crippen molar-refractivity contribution in [1.82, 2.24) is 10.2 Å². The van der Waals surface area contributed by atoms with E-state index in [0.29, 0.717) is 19.4 Å². The summed E-state index contributed by atoms with van der Waals surface area (Å²) in [6, 6.07) is 7.50. The van der Waals surface area contributed by atoms with Crippen LogP contribution in [-0.2, 0) is 16.0 Å². The van der Waals surface area contributed by atoms with Crippen LogP contribution >= 0.6 is 0 Å². The average molecular weight is 318 g/mol. The number of methoxy groups -OCH3 is 1. The van der Waals surface area contributed by atoms with Crippen LogP contribution < -0.4 is 10.1 Å². The van der Waals surface area contributed by atoms with Gasteiger partial charge in [-0.3, -0.25) is 9.59 Å². The van der Waals surface area contributed by atoms with E-state index in [2.05, 4.69) is 5.32 Å². The van der Waals surface area contributed by atoms with Gasteiger partial charge in [-0.25, -0.2) is 0 Å². The molecular formula is C18H26N2O3. The number of nitrogens with zero attached hydrogens (tertiary/aromatic N) is 1. The molecule has 1 aromatic rings. The van der Waals surface area contributed by atoms with Crippen molar-refractivity contribution in [3.63, 3.8) is 0 Å². The molecule has 1 fully saturated rings. The second-order valence-electron chi connectivity index (χ2n) is 5.92. The number of ether oxygens (including phenoxy) is 1. The van der Waals surface area contributed by atoms with Gasteiger partial charge in [0.25, 0.3) is 0 Å². The van der Waals surface area contributed by atoms with Gasteiger partial charge < -0.3 is 15.0 Å². The molecule has 1 heterocycles. The molecule has 1 aliphatic heterocycles. The van der Waals surface area contributed by atoms with E-state index in [9.17, 15) is 9.59 Å². The Morgan fingerprint density at radius 3 is 2.74 bits per heavy atom. The number of carbonyl (C=O) groups is 2. The lowest BCUT2D eigenvalue weighted by atomic mass is 10.1. The van der Waals surface area contributed by atoms with Gasteiger partial charge in [-0.15, -0.1) is 0 Å². The molecule has 1 aromatic carbocycles. The van der Waals surface area contributed by atoms with Crippen molar-refractivity contribution in [3.8, 4) is 5.75 Å². The van der Waals surface area contributed by atoms with E-state index in [-0.39, 0.29) is 11.8 Å². The maximum Gasteiger partial charge on any atom is 0.224 e. The normalized spacial score (nSPS) is 15.2. The smallest absolute Gasteiger partial charge is 0.224 e. The fourth-order valence-electron chi connectivity index (χ4n) is 2.76. The summed E-state index contributed by atoms with van der Waals surface area (Å²) in [5, 5.41) is 2.92. The predicted molar refractivity (Wildman–Crippen MR) is 89.4 cm³/mol. The number of benzene rings is 1. The third-order valence-electron chi connectivity index (χ3n) is 4.12. The highest BCUT2D eigenvalue weighted by molar-refractivity contribution is 5.78. The minimum absolute atomic E-state index is 0.0114. The largest absolute Gasteiger partial charge is 0.497 e. The molecule has 2 rings (SSSR count). The van der Waals surface area contributed by atoms with Gasteiger partial charge in [0.2, 0.25) is 11.8 Å². The SMILES string of the molecule is COc1ccc(CC(=O)NCCCN2CCCCCC2=O)cc1. The molecule has 5 nitrogen and oxygen atoms in total. The lowest BCUT2D eigenvalue weighted by molar-refractivity contribution is -0.130. The van der Waals surface area contributed by atoms with Crippen molar-refractivity contribution >= 4 is 11.8 Å². The summed E-state index contributed by atoms with van der Waals surface area (Å²) in [6.07, 6.45) is 5.08. The number of amides is 2. The zero-order valence-electron chi connectivity index (χ0n) is 13.8. The van der Waals surface area contributed by atoms with E-state index < -0.39 is 0 Å². The Balaban J connectivity index is 1.65. The predicted octanol–water partition coefficient (Wildman–Crippen LogP) is 2.15. The van der Waals surface area contributed by atoms with Gasteiger partial charge in [0, 0.05) is 26.1 Å². The second kappa shape index (κ2) is 9.18. The Morgan fingerprint density at radius 1 is 1.22 bits per heavy atom. The minimum atomic E-state index is 0.0114. The number of hydrogen-bond acceptors (Lipinski definition) is 3. The van der Waals surface area contributed by atoms with Gasteiger partial charge in [-0.2, -0.15) is 0 Å². The summed E-state index contributed by atoms with van der Waals surface area (Å²) in [5.41, 5.74) is 0.964. The Labute approximate surface area is 138 Å². The number of rotatable bonds is 7. The molecule has 126 valence electrons. The molecule has 0 aromatic heterocycles. The first kappa shape index (κ1) is 17.3. The zero-order valence-corrected chi connectivity index (χ0v) is 13.8. The van der Waals surface area contributed by atoms with E-state index in [1.54, 1.807) is 7.11 Å². The van der Waals surface area contributed by atoms with Crippen LogP contribution in [0, 0.1) is 0 Å². The number of hydrogen-bond donors (Lipinski definition) is 1. The first-order valence-electron chi connectivity index (χ1n) is 8.36. The Morgan fingerprint density at radius 2 is 2.00 bits per heavy atom. The number of carbonyl (C=O) groups excluding carboxylic acids is 2. The molecule has 0 radical (unpaired) electrons. The van der Waals surface area contributed by atoms with E-state index in [4.69, 9.17) is 4.74 Å². The Hall–Kier alpha value is -2.04. The molecule has 0 spiro atoms. The van der Waals surface area contributed by atoms with Crippen LogP contribution in [0.25, 0.3) is 0 Å². The van der Waals surface area contributed by atoms with Crippen molar-refractivity contribution < 1.29 is 14.3 Å². The van der Waals surface area contributed by atoms with Crippen LogP contribution in [0.3, 0.4) is 0 Å². The zero-order chi connectivity index (χ0) is 16.5. The minimum Gasteiger partial charge on any atom is -0.497 e. The Bertz CT molecular complexity index is 514. The quantitative estimate of drug-likeness (QED) is 0.784. The number of nitrogens with one attached hydrogen (secondary N) is 1.